The molecule has 2 aliphatic rings. The smallest absolute Gasteiger partial charge is 0.219 e. The summed E-state index contributed by atoms with van der Waals surface area (Å²) >= 11 is 0. The number of rotatable bonds is 7. The van der Waals surface area contributed by atoms with Crippen LogP contribution >= 0.6 is 0 Å². The molecule has 2 heterocycles. The van der Waals surface area contributed by atoms with Crippen molar-refractivity contribution in [3.63, 3.8) is 0 Å². The standard InChI is InChI=1S/C24H36N4O4S/c1-17(29)28-11-10-21(14-26-33(3,30)31)24(15-28)32-16-18-4-6-19(7-5-18)20-8-9-23-22(12-20)13-25-27(23)2/h8-9,12-13,18-19,21,24,26H,4-7,10-11,14-16H2,1-3H3/t18?,19?,21-,24-/m1/s1. The predicted octanol–water partition coefficient (Wildman–Crippen LogP) is 2.65. The third kappa shape index (κ3) is 6.13. The molecule has 2 atom stereocenters. The molecule has 1 aliphatic heterocycles. The third-order valence-corrected chi connectivity index (χ3v) is 8.07. The van der Waals surface area contributed by atoms with E-state index in [1.165, 1.54) is 17.2 Å². The lowest BCUT2D eigenvalue weighted by molar-refractivity contribution is -0.135. The Morgan fingerprint density at radius 1 is 1.21 bits per heavy atom. The van der Waals surface area contributed by atoms with E-state index >= 15 is 0 Å². The lowest BCUT2D eigenvalue weighted by Gasteiger charge is -2.39. The van der Waals surface area contributed by atoms with E-state index in [2.05, 4.69) is 28.0 Å². The first-order valence-electron chi connectivity index (χ1n) is 11.9. The van der Waals surface area contributed by atoms with Gasteiger partial charge in [0, 0.05) is 51.5 Å². The molecule has 2 fully saturated rings. The van der Waals surface area contributed by atoms with Crippen LogP contribution in [0.1, 0.15) is 50.5 Å². The molecule has 0 spiro atoms. The van der Waals surface area contributed by atoms with Crippen molar-refractivity contribution < 1.29 is 17.9 Å². The summed E-state index contributed by atoms with van der Waals surface area (Å²) in [6.07, 6.45) is 8.24. The molecule has 8 nitrogen and oxygen atoms in total. The number of hydrogen-bond donors (Lipinski definition) is 1. The molecule has 0 unspecified atom stereocenters. The maximum atomic E-state index is 11.9. The molecule has 1 aliphatic carbocycles. The Bertz CT molecular complexity index is 1080. The molecule has 0 radical (unpaired) electrons. The molecular weight excluding hydrogens is 440 g/mol. The molecule has 2 aromatic rings. The summed E-state index contributed by atoms with van der Waals surface area (Å²) in [4.78, 5) is 13.7. The summed E-state index contributed by atoms with van der Waals surface area (Å²) in [6, 6.07) is 6.69. The largest absolute Gasteiger partial charge is 0.376 e. The Hall–Kier alpha value is -1.97. The number of sulfonamides is 1. The van der Waals surface area contributed by atoms with Crippen molar-refractivity contribution >= 4 is 26.8 Å². The number of nitrogens with one attached hydrogen (secondary N) is 1. The number of carbonyl (C=O) groups is 1. The zero-order chi connectivity index (χ0) is 23.6. The van der Waals surface area contributed by atoms with E-state index in [1.807, 2.05) is 22.8 Å². The quantitative estimate of drug-likeness (QED) is 0.663. The van der Waals surface area contributed by atoms with Gasteiger partial charge >= 0.3 is 0 Å². The molecule has 9 heteroatoms. The highest BCUT2D eigenvalue weighted by molar-refractivity contribution is 7.88. The fourth-order valence-electron chi connectivity index (χ4n) is 5.29. The summed E-state index contributed by atoms with van der Waals surface area (Å²) in [5.41, 5.74) is 2.55. The third-order valence-electron chi connectivity index (χ3n) is 7.38. The number of carbonyl (C=O) groups excluding carboxylic acids is 1. The fourth-order valence-corrected chi connectivity index (χ4v) is 5.81. The van der Waals surface area contributed by atoms with Gasteiger partial charge in [0.2, 0.25) is 15.9 Å². The number of aryl methyl sites for hydroxylation is 1. The second-order valence-electron chi connectivity index (χ2n) is 9.81. The van der Waals surface area contributed by atoms with Crippen molar-refractivity contribution in [1.82, 2.24) is 19.4 Å². The van der Waals surface area contributed by atoms with Crippen LogP contribution in [-0.2, 0) is 26.6 Å². The number of ether oxygens (including phenoxy) is 1. The van der Waals surface area contributed by atoms with Gasteiger partial charge in [-0.05, 0) is 61.6 Å². The van der Waals surface area contributed by atoms with Crippen LogP contribution in [0.4, 0.5) is 0 Å². The van der Waals surface area contributed by atoms with Gasteiger partial charge in [0.1, 0.15) is 0 Å². The number of hydrogen-bond acceptors (Lipinski definition) is 5. The van der Waals surface area contributed by atoms with Crippen molar-refractivity contribution in [2.45, 2.75) is 51.0 Å². The maximum Gasteiger partial charge on any atom is 0.219 e. The number of piperidine rings is 1. The van der Waals surface area contributed by atoms with E-state index in [9.17, 15) is 13.2 Å². The summed E-state index contributed by atoms with van der Waals surface area (Å²) in [7, 11) is -1.28. The van der Waals surface area contributed by atoms with Crippen LogP contribution in [0.15, 0.2) is 24.4 Å². The van der Waals surface area contributed by atoms with E-state index in [4.69, 9.17) is 4.74 Å². The molecule has 1 saturated heterocycles. The Morgan fingerprint density at radius 3 is 2.67 bits per heavy atom. The summed E-state index contributed by atoms with van der Waals surface area (Å²) in [5.74, 6) is 1.20. The van der Waals surface area contributed by atoms with E-state index in [1.54, 1.807) is 6.92 Å². The van der Waals surface area contributed by atoms with Crippen molar-refractivity contribution in [3.8, 4) is 0 Å². The van der Waals surface area contributed by atoms with Gasteiger partial charge in [-0.25, -0.2) is 13.1 Å². The zero-order valence-corrected chi connectivity index (χ0v) is 20.7. The number of nitrogens with zero attached hydrogens (tertiary/aromatic N) is 3. The van der Waals surface area contributed by atoms with Crippen molar-refractivity contribution in [2.75, 3.05) is 32.5 Å². The van der Waals surface area contributed by atoms with Gasteiger partial charge in [-0.15, -0.1) is 0 Å². The topological polar surface area (TPSA) is 93.5 Å². The minimum absolute atomic E-state index is 0.0456. The maximum absolute atomic E-state index is 11.9. The normalized spacial score (nSPS) is 26.6. The van der Waals surface area contributed by atoms with Crippen molar-refractivity contribution in [2.24, 2.45) is 18.9 Å². The SMILES string of the molecule is CC(=O)N1CC[C@H](CNS(C)(=O)=O)[C@H](OCC2CCC(c3ccc4c(cnn4C)c3)CC2)C1. The van der Waals surface area contributed by atoms with Gasteiger partial charge in [-0.3, -0.25) is 9.48 Å². The molecule has 1 saturated carbocycles. The van der Waals surface area contributed by atoms with Crippen LogP contribution in [0.2, 0.25) is 0 Å². The van der Waals surface area contributed by atoms with Gasteiger partial charge in [0.25, 0.3) is 0 Å². The molecule has 0 bridgehead atoms. The van der Waals surface area contributed by atoms with Gasteiger partial charge < -0.3 is 9.64 Å². The number of fused-ring (bicyclic) bond motifs is 1. The Balaban J connectivity index is 1.31. The van der Waals surface area contributed by atoms with Crippen LogP contribution in [-0.4, -0.2) is 67.6 Å². The first kappa shape index (κ1) is 24.2. The molecule has 1 aromatic heterocycles. The Kier molecular flexibility index (Phi) is 7.40. The summed E-state index contributed by atoms with van der Waals surface area (Å²) in [5, 5.41) is 5.55. The van der Waals surface area contributed by atoms with Crippen LogP contribution < -0.4 is 4.72 Å². The average molecular weight is 477 g/mol. The molecule has 1 amide bonds. The van der Waals surface area contributed by atoms with E-state index in [0.717, 1.165) is 37.6 Å². The Labute approximate surface area is 196 Å². The van der Waals surface area contributed by atoms with Crippen molar-refractivity contribution in [1.29, 1.82) is 0 Å². The molecule has 33 heavy (non-hydrogen) atoms. The number of likely N-dealkylation sites (tertiary alicyclic amines) is 1. The highest BCUT2D eigenvalue weighted by Crippen LogP contribution is 2.37. The molecule has 4 rings (SSSR count). The van der Waals surface area contributed by atoms with E-state index in [0.29, 0.717) is 38.1 Å². The van der Waals surface area contributed by atoms with E-state index in [-0.39, 0.29) is 17.9 Å². The predicted molar refractivity (Wildman–Crippen MR) is 128 cm³/mol. The highest BCUT2D eigenvalue weighted by atomic mass is 32.2. The van der Waals surface area contributed by atoms with Crippen LogP contribution in [0.25, 0.3) is 10.9 Å². The second kappa shape index (κ2) is 10.1. The summed E-state index contributed by atoms with van der Waals surface area (Å²) in [6.45, 7) is 3.79. The summed E-state index contributed by atoms with van der Waals surface area (Å²) < 4.78 is 34.0. The Morgan fingerprint density at radius 2 is 1.97 bits per heavy atom. The first-order chi connectivity index (χ1) is 15.7. The molecular formula is C24H36N4O4S. The van der Waals surface area contributed by atoms with Gasteiger partial charge in [-0.1, -0.05) is 6.07 Å². The fraction of sp³-hybridized carbons (Fsp3) is 0.667. The van der Waals surface area contributed by atoms with Crippen LogP contribution in [0, 0.1) is 11.8 Å². The van der Waals surface area contributed by atoms with Crippen LogP contribution in [0.3, 0.4) is 0 Å². The number of benzene rings is 1. The van der Waals surface area contributed by atoms with E-state index < -0.39 is 10.0 Å². The first-order valence-corrected chi connectivity index (χ1v) is 13.8. The van der Waals surface area contributed by atoms with Gasteiger partial charge in [0.05, 0.1) is 24.1 Å². The lowest BCUT2D eigenvalue weighted by Crippen LogP contribution is -2.50. The van der Waals surface area contributed by atoms with Crippen LogP contribution in [0.5, 0.6) is 0 Å². The van der Waals surface area contributed by atoms with Gasteiger partial charge in [-0.2, -0.15) is 5.10 Å². The number of aromatic nitrogens is 2. The van der Waals surface area contributed by atoms with Gasteiger partial charge in [0.15, 0.2) is 0 Å². The molecule has 1 N–H and O–H groups in total. The monoisotopic (exact) mass is 476 g/mol. The second-order valence-corrected chi connectivity index (χ2v) is 11.6. The molecule has 1 aromatic carbocycles. The lowest BCUT2D eigenvalue weighted by atomic mass is 9.79. The highest BCUT2D eigenvalue weighted by Gasteiger charge is 2.32. The minimum atomic E-state index is -3.25. The zero-order valence-electron chi connectivity index (χ0n) is 19.9. The minimum Gasteiger partial charge on any atom is -0.376 e. The molecule has 182 valence electrons. The van der Waals surface area contributed by atoms with Crippen molar-refractivity contribution in [3.05, 3.63) is 30.0 Å². The number of amides is 1. The average Bonchev–Trinajstić information content (AvgIpc) is 3.16.